The molecular formula is C18H23NO2. The molecule has 0 aromatic heterocycles. The van der Waals surface area contributed by atoms with Crippen molar-refractivity contribution in [2.75, 3.05) is 18.5 Å². The van der Waals surface area contributed by atoms with Crippen LogP contribution in [0.25, 0.3) is 0 Å². The van der Waals surface area contributed by atoms with Crippen molar-refractivity contribution in [3.63, 3.8) is 0 Å². The molecule has 2 N–H and O–H groups in total. The van der Waals surface area contributed by atoms with Gasteiger partial charge in [-0.2, -0.15) is 0 Å². The lowest BCUT2D eigenvalue weighted by Crippen LogP contribution is -2.26. The third kappa shape index (κ3) is 4.50. The molecule has 2 aromatic carbocycles. The van der Waals surface area contributed by atoms with Crippen LogP contribution in [0, 0.1) is 20.8 Å². The first-order valence-electron chi connectivity index (χ1n) is 7.24. The van der Waals surface area contributed by atoms with Crippen LogP contribution < -0.4 is 10.1 Å². The first-order valence-corrected chi connectivity index (χ1v) is 7.24. The maximum Gasteiger partial charge on any atom is 0.125 e. The number of hydrogen-bond donors (Lipinski definition) is 2. The zero-order valence-electron chi connectivity index (χ0n) is 12.9. The van der Waals surface area contributed by atoms with Gasteiger partial charge in [0.1, 0.15) is 18.5 Å². The van der Waals surface area contributed by atoms with Gasteiger partial charge in [0.05, 0.1) is 0 Å². The summed E-state index contributed by atoms with van der Waals surface area (Å²) in [4.78, 5) is 0. The topological polar surface area (TPSA) is 41.5 Å². The van der Waals surface area contributed by atoms with Crippen molar-refractivity contribution >= 4 is 5.69 Å². The van der Waals surface area contributed by atoms with E-state index in [1.807, 2.05) is 57.2 Å². The van der Waals surface area contributed by atoms with Crippen molar-refractivity contribution in [1.82, 2.24) is 0 Å². The van der Waals surface area contributed by atoms with Crippen LogP contribution >= 0.6 is 0 Å². The predicted molar refractivity (Wildman–Crippen MR) is 87.1 cm³/mol. The van der Waals surface area contributed by atoms with Crippen LogP contribution in [0.4, 0.5) is 5.69 Å². The average molecular weight is 285 g/mol. The standard InChI is InChI=1S/C18H23NO2/c1-13-6-4-9-16(10-13)19-11-17(20)12-21-18-14(2)7-5-8-15(18)3/h4-10,17,19-20H,11-12H2,1-3H3. The fourth-order valence-electron chi connectivity index (χ4n) is 2.26. The lowest BCUT2D eigenvalue weighted by Gasteiger charge is -2.16. The number of aliphatic hydroxyl groups excluding tert-OH is 1. The Hall–Kier alpha value is -2.00. The SMILES string of the molecule is Cc1cccc(NCC(O)COc2c(C)cccc2C)c1. The molecule has 3 heteroatoms. The molecule has 1 atom stereocenters. The molecule has 0 spiro atoms. The van der Waals surface area contributed by atoms with Gasteiger partial charge >= 0.3 is 0 Å². The van der Waals surface area contributed by atoms with Crippen LogP contribution in [0.5, 0.6) is 5.75 Å². The Morgan fingerprint density at radius 2 is 1.71 bits per heavy atom. The van der Waals surface area contributed by atoms with Crippen molar-refractivity contribution < 1.29 is 9.84 Å². The van der Waals surface area contributed by atoms with Gasteiger partial charge in [-0.3, -0.25) is 0 Å². The molecule has 0 fully saturated rings. The molecule has 2 rings (SSSR count). The van der Waals surface area contributed by atoms with Crippen LogP contribution in [0.1, 0.15) is 16.7 Å². The van der Waals surface area contributed by atoms with Crippen LogP contribution in [0.15, 0.2) is 42.5 Å². The molecule has 0 aliphatic carbocycles. The van der Waals surface area contributed by atoms with E-state index in [-0.39, 0.29) is 6.61 Å². The highest BCUT2D eigenvalue weighted by molar-refractivity contribution is 5.45. The maximum absolute atomic E-state index is 10.0. The zero-order valence-corrected chi connectivity index (χ0v) is 12.9. The lowest BCUT2D eigenvalue weighted by atomic mass is 10.1. The average Bonchev–Trinajstić information content (AvgIpc) is 2.45. The van der Waals surface area contributed by atoms with Gasteiger partial charge in [-0.25, -0.2) is 0 Å². The van der Waals surface area contributed by atoms with E-state index in [1.165, 1.54) is 5.56 Å². The smallest absolute Gasteiger partial charge is 0.125 e. The molecule has 112 valence electrons. The molecule has 1 unspecified atom stereocenters. The summed E-state index contributed by atoms with van der Waals surface area (Å²) in [6, 6.07) is 14.1. The van der Waals surface area contributed by atoms with E-state index in [4.69, 9.17) is 4.74 Å². The molecular weight excluding hydrogens is 262 g/mol. The summed E-state index contributed by atoms with van der Waals surface area (Å²) in [5.74, 6) is 0.868. The number of anilines is 1. The van der Waals surface area contributed by atoms with Crippen molar-refractivity contribution in [2.24, 2.45) is 0 Å². The Bertz CT molecular complexity index is 575. The van der Waals surface area contributed by atoms with Crippen molar-refractivity contribution in [2.45, 2.75) is 26.9 Å². The Morgan fingerprint density at radius 1 is 1.05 bits per heavy atom. The third-order valence-corrected chi connectivity index (χ3v) is 3.39. The molecule has 0 radical (unpaired) electrons. The molecule has 0 amide bonds. The molecule has 21 heavy (non-hydrogen) atoms. The Morgan fingerprint density at radius 3 is 2.38 bits per heavy atom. The van der Waals surface area contributed by atoms with E-state index in [9.17, 15) is 5.11 Å². The summed E-state index contributed by atoms with van der Waals surface area (Å²) >= 11 is 0. The largest absolute Gasteiger partial charge is 0.490 e. The van der Waals surface area contributed by atoms with Gasteiger partial charge in [-0.15, -0.1) is 0 Å². The summed E-state index contributed by atoms with van der Waals surface area (Å²) < 4.78 is 5.75. The molecule has 3 nitrogen and oxygen atoms in total. The van der Waals surface area contributed by atoms with Gasteiger partial charge < -0.3 is 15.2 Å². The second-order valence-corrected chi connectivity index (χ2v) is 5.44. The number of aliphatic hydroxyl groups is 1. The van der Waals surface area contributed by atoms with Crippen LogP contribution in [-0.2, 0) is 0 Å². The van der Waals surface area contributed by atoms with Crippen LogP contribution in [0.3, 0.4) is 0 Å². The van der Waals surface area contributed by atoms with E-state index in [1.54, 1.807) is 0 Å². The highest BCUT2D eigenvalue weighted by Crippen LogP contribution is 2.22. The number of hydrogen-bond acceptors (Lipinski definition) is 3. The van der Waals surface area contributed by atoms with Gasteiger partial charge in [0.2, 0.25) is 0 Å². The number of ether oxygens (including phenoxy) is 1. The highest BCUT2D eigenvalue weighted by Gasteiger charge is 2.08. The Kier molecular flexibility index (Phi) is 5.23. The van der Waals surface area contributed by atoms with Gasteiger partial charge in [-0.05, 0) is 49.6 Å². The summed E-state index contributed by atoms with van der Waals surface area (Å²) in [6.07, 6.45) is -0.551. The fourth-order valence-corrected chi connectivity index (χ4v) is 2.26. The molecule has 0 saturated carbocycles. The first kappa shape index (κ1) is 15.4. The molecule has 0 heterocycles. The van der Waals surface area contributed by atoms with E-state index in [2.05, 4.69) is 11.4 Å². The second kappa shape index (κ2) is 7.14. The molecule has 0 aliphatic heterocycles. The summed E-state index contributed by atoms with van der Waals surface area (Å²) in [7, 11) is 0. The van der Waals surface area contributed by atoms with Gasteiger partial charge in [-0.1, -0.05) is 30.3 Å². The Labute approximate surface area is 126 Å². The molecule has 0 saturated heterocycles. The minimum Gasteiger partial charge on any atom is -0.490 e. The first-order chi connectivity index (χ1) is 10.1. The normalized spacial score (nSPS) is 12.0. The molecule has 2 aromatic rings. The summed E-state index contributed by atoms with van der Waals surface area (Å²) in [6.45, 7) is 6.82. The second-order valence-electron chi connectivity index (χ2n) is 5.44. The van der Waals surface area contributed by atoms with E-state index < -0.39 is 6.10 Å². The van der Waals surface area contributed by atoms with Gasteiger partial charge in [0.15, 0.2) is 0 Å². The molecule has 0 bridgehead atoms. The summed E-state index contributed by atoms with van der Waals surface area (Å²) in [5.41, 5.74) is 4.39. The number of rotatable bonds is 6. The number of nitrogens with one attached hydrogen (secondary N) is 1. The predicted octanol–water partition coefficient (Wildman–Crippen LogP) is 3.46. The van der Waals surface area contributed by atoms with Crippen molar-refractivity contribution in [3.8, 4) is 5.75 Å². The number of aryl methyl sites for hydroxylation is 3. The quantitative estimate of drug-likeness (QED) is 0.854. The van der Waals surface area contributed by atoms with Crippen molar-refractivity contribution in [3.05, 3.63) is 59.2 Å². The summed E-state index contributed by atoms with van der Waals surface area (Å²) in [5, 5.41) is 13.3. The van der Waals surface area contributed by atoms with E-state index in [0.717, 1.165) is 22.6 Å². The lowest BCUT2D eigenvalue weighted by molar-refractivity contribution is 0.117. The van der Waals surface area contributed by atoms with Crippen LogP contribution in [0.2, 0.25) is 0 Å². The van der Waals surface area contributed by atoms with Crippen molar-refractivity contribution in [1.29, 1.82) is 0 Å². The van der Waals surface area contributed by atoms with E-state index >= 15 is 0 Å². The molecule has 0 aliphatic rings. The Balaban J connectivity index is 1.84. The monoisotopic (exact) mass is 285 g/mol. The van der Waals surface area contributed by atoms with E-state index in [0.29, 0.717) is 6.54 Å². The fraction of sp³-hybridized carbons (Fsp3) is 0.333. The van der Waals surface area contributed by atoms with Gasteiger partial charge in [0, 0.05) is 12.2 Å². The maximum atomic E-state index is 10.0. The minimum absolute atomic E-state index is 0.282. The van der Waals surface area contributed by atoms with Crippen LogP contribution in [-0.4, -0.2) is 24.4 Å². The highest BCUT2D eigenvalue weighted by atomic mass is 16.5. The third-order valence-electron chi connectivity index (χ3n) is 3.39. The minimum atomic E-state index is -0.551. The van der Waals surface area contributed by atoms with Gasteiger partial charge in [0.25, 0.3) is 0 Å². The number of para-hydroxylation sites is 1. The zero-order chi connectivity index (χ0) is 15.2. The number of benzene rings is 2.